The van der Waals surface area contributed by atoms with Gasteiger partial charge in [-0.15, -0.1) is 11.3 Å². The molecule has 0 amide bonds. The largest absolute Gasteiger partial charge is 0.440 e. The Morgan fingerprint density at radius 3 is 2.89 bits per heavy atom. The van der Waals surface area contributed by atoms with E-state index in [2.05, 4.69) is 32.1 Å². The molecule has 2 atom stereocenters. The van der Waals surface area contributed by atoms with Gasteiger partial charge in [-0.3, -0.25) is 0 Å². The zero-order chi connectivity index (χ0) is 25.0. The van der Waals surface area contributed by atoms with E-state index in [1.807, 2.05) is 6.92 Å². The molecule has 0 bridgehead atoms. The number of anilines is 2. The molecule has 36 heavy (non-hydrogen) atoms. The second kappa shape index (κ2) is 9.02. The van der Waals surface area contributed by atoms with E-state index < -0.39 is 0 Å². The number of nitrogens with two attached hydrogens (primary N) is 1. The maximum atomic E-state index is 14.6. The molecule has 1 aliphatic heterocycles. The van der Waals surface area contributed by atoms with E-state index in [9.17, 15) is 4.39 Å². The van der Waals surface area contributed by atoms with Crippen molar-refractivity contribution in [2.75, 3.05) is 23.8 Å². The number of nitrogens with zero attached hydrogens (tertiary/aromatic N) is 5. The summed E-state index contributed by atoms with van der Waals surface area (Å²) in [5.74, 6) is 1.70. The highest BCUT2D eigenvalue weighted by Gasteiger charge is 2.28. The van der Waals surface area contributed by atoms with Crippen LogP contribution in [-0.2, 0) is 0 Å². The number of nitrogens with one attached hydrogen (secondary N) is 2. The lowest BCUT2D eigenvalue weighted by Crippen LogP contribution is -2.46. The SMILES string of the molecule is CNc1cc(F)cc2c1[nH]c1nc(Sc3cnc(-c4ncc(C)o4)s3)nc(N3CCC(N)C[C@H]3C)c12. The lowest BCUT2D eigenvalue weighted by Gasteiger charge is -2.37. The van der Waals surface area contributed by atoms with E-state index >= 15 is 0 Å². The Morgan fingerprint density at radius 2 is 2.14 bits per heavy atom. The monoisotopic (exact) mass is 524 g/mol. The van der Waals surface area contributed by atoms with Crippen LogP contribution in [-0.4, -0.2) is 50.6 Å². The molecule has 0 aliphatic carbocycles. The molecule has 0 saturated carbocycles. The van der Waals surface area contributed by atoms with Crippen molar-refractivity contribution in [1.29, 1.82) is 0 Å². The van der Waals surface area contributed by atoms with Crippen molar-refractivity contribution < 1.29 is 8.81 Å². The number of hydrogen-bond acceptors (Lipinski definition) is 10. The molecule has 5 heterocycles. The molecule has 0 spiro atoms. The molecule has 1 aliphatic rings. The smallest absolute Gasteiger partial charge is 0.256 e. The molecule has 6 rings (SSSR count). The summed E-state index contributed by atoms with van der Waals surface area (Å²) in [5.41, 5.74) is 8.38. The number of oxazole rings is 1. The Balaban J connectivity index is 1.47. The normalized spacial score (nSPS) is 18.4. The third kappa shape index (κ3) is 4.08. The predicted octanol–water partition coefficient (Wildman–Crippen LogP) is 5.18. The summed E-state index contributed by atoms with van der Waals surface area (Å²) in [6.07, 6.45) is 5.18. The maximum Gasteiger partial charge on any atom is 0.256 e. The van der Waals surface area contributed by atoms with E-state index in [4.69, 9.17) is 20.1 Å². The number of thiazole rings is 1. The summed E-state index contributed by atoms with van der Waals surface area (Å²) >= 11 is 2.90. The van der Waals surface area contributed by atoms with Crippen molar-refractivity contribution in [3.63, 3.8) is 0 Å². The number of benzene rings is 1. The van der Waals surface area contributed by atoms with Crippen LogP contribution >= 0.6 is 23.1 Å². The summed E-state index contributed by atoms with van der Waals surface area (Å²) in [4.78, 5) is 24.2. The van der Waals surface area contributed by atoms with Gasteiger partial charge in [0.25, 0.3) is 5.89 Å². The number of fused-ring (bicyclic) bond motifs is 3. The first kappa shape index (κ1) is 23.2. The topological polar surface area (TPSA) is 122 Å². The zero-order valence-corrected chi connectivity index (χ0v) is 21.6. The Hall–Kier alpha value is -3.22. The molecule has 1 fully saturated rings. The van der Waals surface area contributed by atoms with Gasteiger partial charge in [-0.2, -0.15) is 0 Å². The van der Waals surface area contributed by atoms with E-state index in [1.54, 1.807) is 25.5 Å². The van der Waals surface area contributed by atoms with Crippen LogP contribution in [0.15, 0.2) is 38.3 Å². The van der Waals surface area contributed by atoms with Gasteiger partial charge in [0, 0.05) is 31.1 Å². The molecule has 5 aromatic rings. The Labute approximate surface area is 214 Å². The maximum absolute atomic E-state index is 14.6. The Kier molecular flexibility index (Phi) is 5.81. The van der Waals surface area contributed by atoms with E-state index in [0.29, 0.717) is 27.4 Å². The quantitative estimate of drug-likeness (QED) is 0.267. The highest BCUT2D eigenvalue weighted by Crippen LogP contribution is 2.40. The summed E-state index contributed by atoms with van der Waals surface area (Å²) in [5, 5.41) is 5.93. The van der Waals surface area contributed by atoms with Gasteiger partial charge >= 0.3 is 0 Å². The number of hydrogen-bond donors (Lipinski definition) is 3. The van der Waals surface area contributed by atoms with Gasteiger partial charge < -0.3 is 25.4 Å². The number of piperidine rings is 1. The van der Waals surface area contributed by atoms with Gasteiger partial charge in [-0.1, -0.05) is 0 Å². The standard InChI is InChI=1S/C24H25FN8OS2/c1-11-6-14(26)4-5-33(11)21-18-15-7-13(25)8-16(27-3)19(15)30-20(18)31-24(32-21)36-17-10-29-23(35-17)22-28-9-12(2)34-22/h7-11,14,27H,4-6,26H2,1-3H3,(H,30,31,32)/t11-,14?/m1/s1. The highest BCUT2D eigenvalue weighted by atomic mass is 32.2. The molecule has 12 heteroatoms. The van der Waals surface area contributed by atoms with Gasteiger partial charge in [0.15, 0.2) is 10.2 Å². The number of H-pyrrole nitrogens is 1. The molecule has 4 N–H and O–H groups in total. The third-order valence-corrected chi connectivity index (χ3v) is 8.38. The number of aromatic nitrogens is 5. The van der Waals surface area contributed by atoms with E-state index in [-0.39, 0.29) is 17.9 Å². The molecule has 4 aromatic heterocycles. The van der Waals surface area contributed by atoms with Crippen molar-refractivity contribution in [1.82, 2.24) is 24.9 Å². The second-order valence-corrected chi connectivity index (χ2v) is 11.3. The first-order valence-corrected chi connectivity index (χ1v) is 13.3. The lowest BCUT2D eigenvalue weighted by atomic mass is 9.98. The summed E-state index contributed by atoms with van der Waals surface area (Å²) in [6, 6.07) is 3.37. The second-order valence-electron chi connectivity index (χ2n) is 8.99. The van der Waals surface area contributed by atoms with E-state index in [0.717, 1.165) is 51.5 Å². The average Bonchev–Trinajstić information content (AvgIpc) is 3.57. The molecule has 0 radical (unpaired) electrons. The molecule has 1 aromatic carbocycles. The van der Waals surface area contributed by atoms with Crippen LogP contribution in [0.4, 0.5) is 15.9 Å². The predicted molar refractivity (Wildman–Crippen MR) is 141 cm³/mol. The Bertz CT molecular complexity index is 1580. The van der Waals surface area contributed by atoms with Crippen LogP contribution in [0.2, 0.25) is 0 Å². The Morgan fingerprint density at radius 1 is 1.28 bits per heavy atom. The number of rotatable bonds is 5. The molecular weight excluding hydrogens is 499 g/mol. The molecular formula is C24H25FN8OS2. The number of aryl methyl sites for hydroxylation is 1. The first-order chi connectivity index (χ1) is 17.4. The van der Waals surface area contributed by atoms with Gasteiger partial charge in [0.1, 0.15) is 23.0 Å². The van der Waals surface area contributed by atoms with Crippen molar-refractivity contribution in [2.45, 2.75) is 48.1 Å². The first-order valence-electron chi connectivity index (χ1n) is 11.7. The summed E-state index contributed by atoms with van der Waals surface area (Å²) < 4.78 is 21.1. The fourth-order valence-electron chi connectivity index (χ4n) is 4.75. The van der Waals surface area contributed by atoms with Crippen LogP contribution in [0.5, 0.6) is 0 Å². The summed E-state index contributed by atoms with van der Waals surface area (Å²) in [7, 11) is 1.78. The van der Waals surface area contributed by atoms with E-state index in [1.165, 1.54) is 29.2 Å². The zero-order valence-electron chi connectivity index (χ0n) is 20.0. The van der Waals surface area contributed by atoms with Crippen molar-refractivity contribution in [2.24, 2.45) is 5.73 Å². The molecule has 186 valence electrons. The van der Waals surface area contributed by atoms with Gasteiger partial charge in [0.05, 0.1) is 33.2 Å². The third-order valence-electron chi connectivity index (χ3n) is 6.42. The van der Waals surface area contributed by atoms with Crippen molar-refractivity contribution in [3.05, 3.63) is 36.1 Å². The minimum atomic E-state index is -0.315. The fourth-order valence-corrected chi connectivity index (χ4v) is 6.51. The van der Waals surface area contributed by atoms with Crippen LogP contribution in [0.3, 0.4) is 0 Å². The van der Waals surface area contributed by atoms with Crippen molar-refractivity contribution >= 4 is 56.5 Å². The molecule has 1 unspecified atom stereocenters. The number of halogens is 1. The average molecular weight is 525 g/mol. The van der Waals surface area contributed by atoms with Crippen LogP contribution in [0.1, 0.15) is 25.5 Å². The highest BCUT2D eigenvalue weighted by molar-refractivity contribution is 8.01. The van der Waals surface area contributed by atoms with Gasteiger partial charge in [-0.25, -0.2) is 24.3 Å². The van der Waals surface area contributed by atoms with Crippen LogP contribution in [0, 0.1) is 12.7 Å². The molecule has 1 saturated heterocycles. The summed E-state index contributed by atoms with van der Waals surface area (Å²) in [6.45, 7) is 4.78. The van der Waals surface area contributed by atoms with Gasteiger partial charge in [0.2, 0.25) is 0 Å². The fraction of sp³-hybridized carbons (Fsp3) is 0.333. The van der Waals surface area contributed by atoms with Crippen LogP contribution in [0.25, 0.3) is 32.8 Å². The van der Waals surface area contributed by atoms with Gasteiger partial charge in [-0.05, 0) is 50.6 Å². The lowest BCUT2D eigenvalue weighted by molar-refractivity contribution is 0.427. The van der Waals surface area contributed by atoms with Crippen molar-refractivity contribution in [3.8, 4) is 10.9 Å². The minimum Gasteiger partial charge on any atom is -0.440 e. The molecule has 9 nitrogen and oxygen atoms in total. The minimum absolute atomic E-state index is 0.160. The van der Waals surface area contributed by atoms with Crippen LogP contribution < -0.4 is 16.0 Å². The number of aromatic amines is 1.